The summed E-state index contributed by atoms with van der Waals surface area (Å²) in [7, 11) is 0. The molecule has 0 aromatic carbocycles. The molecule has 0 spiro atoms. The number of fused-ring (bicyclic) bond motifs is 1. The zero-order chi connectivity index (χ0) is 17.1. The zero-order valence-electron chi connectivity index (χ0n) is 14.2. The van der Waals surface area contributed by atoms with Crippen LogP contribution in [0.25, 0.3) is 0 Å². The Kier molecular flexibility index (Phi) is 4.94. The molecule has 6 nitrogen and oxygen atoms in total. The van der Waals surface area contributed by atoms with Crippen LogP contribution < -0.4 is 10.6 Å². The summed E-state index contributed by atoms with van der Waals surface area (Å²) in [5, 5.41) is 8.97. The monoisotopic (exact) mass is 357 g/mol. The number of rotatable bonds is 3. The number of nitrogens with zero attached hydrogens (tertiary/aromatic N) is 3. The highest BCUT2D eigenvalue weighted by Gasteiger charge is 2.26. The van der Waals surface area contributed by atoms with Crippen LogP contribution in [0.2, 0.25) is 0 Å². The van der Waals surface area contributed by atoms with E-state index >= 15 is 0 Å². The topological polar surface area (TPSA) is 70.2 Å². The van der Waals surface area contributed by atoms with Crippen molar-refractivity contribution in [2.45, 2.75) is 31.7 Å². The lowest BCUT2D eigenvalue weighted by Gasteiger charge is -2.33. The minimum Gasteiger partial charge on any atom is -0.365 e. The molecular formula is C18H23N5OS. The van der Waals surface area contributed by atoms with Crippen LogP contribution in [0.1, 0.15) is 33.8 Å². The van der Waals surface area contributed by atoms with Crippen LogP contribution in [0.15, 0.2) is 23.8 Å². The van der Waals surface area contributed by atoms with Crippen LogP contribution >= 0.6 is 11.3 Å². The molecule has 7 heteroatoms. The largest absolute Gasteiger partial charge is 0.365 e. The molecule has 1 amide bonds. The Morgan fingerprint density at radius 2 is 2.24 bits per heavy atom. The van der Waals surface area contributed by atoms with Crippen molar-refractivity contribution >= 4 is 23.1 Å². The Bertz CT molecular complexity index is 733. The number of nitrogens with one attached hydrogen (secondary N) is 2. The van der Waals surface area contributed by atoms with Crippen LogP contribution in [0, 0.1) is 0 Å². The Labute approximate surface area is 151 Å². The molecule has 0 unspecified atom stereocenters. The fourth-order valence-electron chi connectivity index (χ4n) is 3.63. The highest BCUT2D eigenvalue weighted by Crippen LogP contribution is 2.23. The minimum absolute atomic E-state index is 0.146. The second kappa shape index (κ2) is 7.49. The van der Waals surface area contributed by atoms with Crippen LogP contribution in [0.5, 0.6) is 0 Å². The van der Waals surface area contributed by atoms with Crippen molar-refractivity contribution in [3.05, 3.63) is 40.0 Å². The van der Waals surface area contributed by atoms with Gasteiger partial charge in [0.25, 0.3) is 5.91 Å². The van der Waals surface area contributed by atoms with E-state index in [-0.39, 0.29) is 11.9 Å². The molecule has 2 N–H and O–H groups in total. The molecule has 0 bridgehead atoms. The van der Waals surface area contributed by atoms with Gasteiger partial charge in [0.2, 0.25) is 0 Å². The van der Waals surface area contributed by atoms with Gasteiger partial charge in [-0.05, 0) is 37.3 Å². The molecule has 4 rings (SSSR count). The van der Waals surface area contributed by atoms with Crippen LogP contribution in [0.4, 0.5) is 5.82 Å². The molecule has 0 aliphatic carbocycles. The van der Waals surface area contributed by atoms with E-state index in [1.54, 1.807) is 6.33 Å². The van der Waals surface area contributed by atoms with E-state index in [0.717, 1.165) is 68.3 Å². The number of carbonyl (C=O) groups excluding carboxylic acids is 1. The lowest BCUT2D eigenvalue weighted by atomic mass is 10.0. The van der Waals surface area contributed by atoms with E-state index in [4.69, 9.17) is 0 Å². The SMILES string of the molecule is O=C(c1cccs1)N1CCC[C@@H](Nc2ncnc3c2CCNCC3)C1. The number of likely N-dealkylation sites (tertiary alicyclic amines) is 1. The fraction of sp³-hybridized carbons (Fsp3) is 0.500. The quantitative estimate of drug-likeness (QED) is 0.879. The zero-order valence-corrected chi connectivity index (χ0v) is 15.0. The summed E-state index contributed by atoms with van der Waals surface area (Å²) in [6, 6.07) is 4.08. The Morgan fingerprint density at radius 3 is 3.12 bits per heavy atom. The summed E-state index contributed by atoms with van der Waals surface area (Å²) in [6.07, 6.45) is 5.63. The second-order valence-electron chi connectivity index (χ2n) is 6.61. The summed E-state index contributed by atoms with van der Waals surface area (Å²) in [5.74, 6) is 1.09. The smallest absolute Gasteiger partial charge is 0.263 e. The molecular weight excluding hydrogens is 334 g/mol. The molecule has 1 saturated heterocycles. The van der Waals surface area contributed by atoms with Crippen LogP contribution in [-0.4, -0.2) is 53.0 Å². The Morgan fingerprint density at radius 1 is 1.32 bits per heavy atom. The van der Waals surface area contributed by atoms with Gasteiger partial charge in [-0.15, -0.1) is 11.3 Å². The number of aromatic nitrogens is 2. The summed E-state index contributed by atoms with van der Waals surface area (Å²) in [4.78, 5) is 24.4. The van der Waals surface area contributed by atoms with E-state index < -0.39 is 0 Å². The average Bonchev–Trinajstić information content (AvgIpc) is 3.07. The third kappa shape index (κ3) is 3.67. The molecule has 2 aliphatic rings. The maximum absolute atomic E-state index is 12.6. The van der Waals surface area contributed by atoms with Gasteiger partial charge < -0.3 is 15.5 Å². The molecule has 1 atom stereocenters. The van der Waals surface area contributed by atoms with Gasteiger partial charge in [0, 0.05) is 37.7 Å². The number of hydrogen-bond donors (Lipinski definition) is 2. The first kappa shape index (κ1) is 16.5. The number of thiophene rings is 1. The lowest BCUT2D eigenvalue weighted by molar-refractivity contribution is 0.0719. The van der Waals surface area contributed by atoms with Gasteiger partial charge in [0.1, 0.15) is 12.1 Å². The molecule has 1 fully saturated rings. The maximum atomic E-state index is 12.6. The molecule has 2 aromatic heterocycles. The first-order chi connectivity index (χ1) is 12.3. The predicted octanol–water partition coefficient (Wildman–Crippen LogP) is 1.94. The van der Waals surface area contributed by atoms with Crippen molar-refractivity contribution in [3.8, 4) is 0 Å². The molecule has 4 heterocycles. The molecule has 2 aromatic rings. The summed E-state index contributed by atoms with van der Waals surface area (Å²) in [5.41, 5.74) is 2.37. The molecule has 0 saturated carbocycles. The number of amides is 1. The first-order valence-corrected chi connectivity index (χ1v) is 9.82. The average molecular weight is 357 g/mol. The Hall–Kier alpha value is -1.99. The Balaban J connectivity index is 1.47. The molecule has 25 heavy (non-hydrogen) atoms. The molecule has 132 valence electrons. The number of piperidine rings is 1. The van der Waals surface area contributed by atoms with E-state index in [9.17, 15) is 4.79 Å². The normalized spacial score (nSPS) is 20.6. The minimum atomic E-state index is 0.146. The first-order valence-electron chi connectivity index (χ1n) is 8.94. The van der Waals surface area contributed by atoms with Crippen LogP contribution in [-0.2, 0) is 12.8 Å². The number of carbonyl (C=O) groups is 1. The molecule has 0 radical (unpaired) electrons. The van der Waals surface area contributed by atoms with Gasteiger partial charge in [0.05, 0.1) is 10.6 Å². The second-order valence-corrected chi connectivity index (χ2v) is 7.56. The number of anilines is 1. The van der Waals surface area contributed by atoms with E-state index in [1.165, 1.54) is 16.9 Å². The highest BCUT2D eigenvalue weighted by atomic mass is 32.1. The van der Waals surface area contributed by atoms with Gasteiger partial charge >= 0.3 is 0 Å². The van der Waals surface area contributed by atoms with Gasteiger partial charge in [-0.3, -0.25) is 4.79 Å². The maximum Gasteiger partial charge on any atom is 0.263 e. The third-order valence-electron chi connectivity index (χ3n) is 4.91. The van der Waals surface area contributed by atoms with E-state index in [1.807, 2.05) is 22.4 Å². The van der Waals surface area contributed by atoms with Gasteiger partial charge in [-0.2, -0.15) is 0 Å². The van der Waals surface area contributed by atoms with Crippen LogP contribution in [0.3, 0.4) is 0 Å². The van der Waals surface area contributed by atoms with Crippen molar-refractivity contribution in [1.82, 2.24) is 20.2 Å². The summed E-state index contributed by atoms with van der Waals surface area (Å²) in [6.45, 7) is 3.49. The standard InChI is InChI=1S/C18H23N5OS/c24-18(16-4-2-10-25-16)23-9-1-3-13(11-23)22-17-14-5-7-19-8-6-15(14)20-12-21-17/h2,4,10,12-13,19H,1,3,5-9,11H2,(H,20,21,22)/t13-/m1/s1. The van der Waals surface area contributed by atoms with Crippen molar-refractivity contribution < 1.29 is 4.79 Å². The third-order valence-corrected chi connectivity index (χ3v) is 5.76. The fourth-order valence-corrected chi connectivity index (χ4v) is 4.32. The van der Waals surface area contributed by atoms with E-state index in [0.29, 0.717) is 0 Å². The van der Waals surface area contributed by atoms with Crippen molar-refractivity contribution in [2.75, 3.05) is 31.5 Å². The van der Waals surface area contributed by atoms with Crippen molar-refractivity contribution in [1.29, 1.82) is 0 Å². The van der Waals surface area contributed by atoms with Crippen molar-refractivity contribution in [3.63, 3.8) is 0 Å². The highest BCUT2D eigenvalue weighted by molar-refractivity contribution is 7.12. The molecule has 2 aliphatic heterocycles. The summed E-state index contributed by atoms with van der Waals surface area (Å²) >= 11 is 1.51. The van der Waals surface area contributed by atoms with Gasteiger partial charge in [-0.1, -0.05) is 6.07 Å². The predicted molar refractivity (Wildman–Crippen MR) is 99.2 cm³/mol. The van der Waals surface area contributed by atoms with Gasteiger partial charge in [-0.25, -0.2) is 9.97 Å². The van der Waals surface area contributed by atoms with E-state index in [2.05, 4.69) is 20.6 Å². The lowest BCUT2D eigenvalue weighted by Crippen LogP contribution is -2.45. The van der Waals surface area contributed by atoms with Crippen molar-refractivity contribution in [2.24, 2.45) is 0 Å². The summed E-state index contributed by atoms with van der Waals surface area (Å²) < 4.78 is 0. The van der Waals surface area contributed by atoms with Gasteiger partial charge in [0.15, 0.2) is 0 Å². The number of hydrogen-bond acceptors (Lipinski definition) is 6.